The number of nitrogens with zero attached hydrogens (tertiary/aromatic N) is 1. The number of halogens is 1. The van der Waals surface area contributed by atoms with Gasteiger partial charge in [0.25, 0.3) is 5.91 Å². The molecular weight excluding hydrogens is 364 g/mol. The molecule has 0 unspecified atom stereocenters. The number of imide groups is 1. The van der Waals surface area contributed by atoms with E-state index in [1.165, 1.54) is 13.2 Å². The van der Waals surface area contributed by atoms with Crippen LogP contribution < -0.4 is 14.8 Å². The van der Waals surface area contributed by atoms with E-state index < -0.39 is 24.5 Å². The van der Waals surface area contributed by atoms with E-state index in [-0.39, 0.29) is 16.8 Å². The van der Waals surface area contributed by atoms with E-state index >= 15 is 0 Å². The van der Waals surface area contributed by atoms with Gasteiger partial charge in [-0.2, -0.15) is 0 Å². The zero-order valence-electron chi connectivity index (χ0n) is 14.5. The highest BCUT2D eigenvalue weighted by Gasteiger charge is 2.34. The van der Waals surface area contributed by atoms with E-state index in [4.69, 9.17) is 26.2 Å². The zero-order valence-corrected chi connectivity index (χ0v) is 15.3. The molecule has 1 saturated heterocycles. The van der Waals surface area contributed by atoms with Gasteiger partial charge in [0.15, 0.2) is 11.5 Å². The van der Waals surface area contributed by atoms with Crippen LogP contribution in [0, 0.1) is 0 Å². The maximum Gasteiger partial charge on any atom is 0.329 e. The molecule has 1 aliphatic rings. The number of carbonyl (C=O) groups excluding carboxylic acids is 2. The number of carbonyl (C=O) groups is 3. The number of carboxylic acid groups (broad SMARTS) is 1. The summed E-state index contributed by atoms with van der Waals surface area (Å²) in [6.45, 7) is 3.16. The normalized spacial score (nSPS) is 16.6. The van der Waals surface area contributed by atoms with Gasteiger partial charge in [-0.05, 0) is 37.1 Å². The lowest BCUT2D eigenvalue weighted by Gasteiger charge is -2.17. The van der Waals surface area contributed by atoms with Crippen molar-refractivity contribution in [3.63, 3.8) is 0 Å². The van der Waals surface area contributed by atoms with Gasteiger partial charge in [0.1, 0.15) is 12.2 Å². The number of methoxy groups -OCH3 is 1. The van der Waals surface area contributed by atoms with Crippen molar-refractivity contribution in [2.24, 2.45) is 0 Å². The van der Waals surface area contributed by atoms with Gasteiger partial charge in [-0.25, -0.2) is 9.69 Å². The summed E-state index contributed by atoms with van der Waals surface area (Å²) in [7, 11) is 1.46. The van der Waals surface area contributed by atoms with Crippen molar-refractivity contribution >= 4 is 35.6 Å². The molecule has 1 fully saturated rings. The second-order valence-corrected chi connectivity index (χ2v) is 6.05. The Morgan fingerprint density at radius 1 is 1.42 bits per heavy atom. The van der Waals surface area contributed by atoms with Gasteiger partial charge in [0, 0.05) is 0 Å². The van der Waals surface area contributed by atoms with Crippen LogP contribution in [0.3, 0.4) is 0 Å². The molecule has 26 heavy (non-hydrogen) atoms. The molecule has 1 aromatic carbocycles. The molecule has 140 valence electrons. The third-order valence-electron chi connectivity index (χ3n) is 3.71. The summed E-state index contributed by atoms with van der Waals surface area (Å²) in [5.41, 5.74) is 0.439. The van der Waals surface area contributed by atoms with E-state index in [0.29, 0.717) is 22.0 Å². The Hall–Kier alpha value is -2.74. The van der Waals surface area contributed by atoms with Crippen LogP contribution >= 0.6 is 11.6 Å². The number of amides is 3. The average Bonchev–Trinajstić information content (AvgIpc) is 2.83. The van der Waals surface area contributed by atoms with Gasteiger partial charge in [0.05, 0.1) is 18.2 Å². The summed E-state index contributed by atoms with van der Waals surface area (Å²) in [4.78, 5) is 35.3. The molecule has 1 aromatic rings. The van der Waals surface area contributed by atoms with Crippen molar-refractivity contribution in [3.05, 3.63) is 28.4 Å². The van der Waals surface area contributed by atoms with Gasteiger partial charge in [0.2, 0.25) is 0 Å². The molecule has 9 heteroatoms. The molecule has 2 rings (SSSR count). The van der Waals surface area contributed by atoms with Crippen LogP contribution in [0.5, 0.6) is 11.5 Å². The molecule has 1 heterocycles. The fourth-order valence-electron chi connectivity index (χ4n) is 2.24. The van der Waals surface area contributed by atoms with E-state index in [0.717, 1.165) is 6.42 Å². The molecule has 2 N–H and O–H groups in total. The van der Waals surface area contributed by atoms with E-state index in [9.17, 15) is 14.4 Å². The highest BCUT2D eigenvalue weighted by atomic mass is 35.5. The lowest BCUT2D eigenvalue weighted by atomic mass is 10.1. The third kappa shape index (κ3) is 4.26. The summed E-state index contributed by atoms with van der Waals surface area (Å²) in [6, 6.07) is 2.38. The second-order valence-electron chi connectivity index (χ2n) is 5.64. The second kappa shape index (κ2) is 8.09. The predicted molar refractivity (Wildman–Crippen MR) is 94.2 cm³/mol. The minimum atomic E-state index is -1.29. The lowest BCUT2D eigenvalue weighted by Crippen LogP contribution is -2.35. The molecule has 0 aromatic heterocycles. The summed E-state index contributed by atoms with van der Waals surface area (Å²) in [6.07, 6.45) is 2.11. The minimum absolute atomic E-state index is 0.0510. The highest BCUT2D eigenvalue weighted by Crippen LogP contribution is 2.38. The minimum Gasteiger partial charge on any atom is -0.493 e. The van der Waals surface area contributed by atoms with Crippen molar-refractivity contribution in [3.8, 4) is 11.5 Å². The first-order valence-corrected chi connectivity index (χ1v) is 8.25. The maximum atomic E-state index is 12.2. The molecule has 8 nitrogen and oxygen atoms in total. The molecule has 0 radical (unpaired) electrons. The van der Waals surface area contributed by atoms with E-state index in [2.05, 4.69) is 5.32 Å². The van der Waals surface area contributed by atoms with Crippen molar-refractivity contribution in [1.82, 2.24) is 10.2 Å². The van der Waals surface area contributed by atoms with Crippen LogP contribution in [-0.2, 0) is 9.59 Å². The fourth-order valence-corrected chi connectivity index (χ4v) is 2.50. The standard InChI is InChI=1S/C17H19ClN2O6/c1-4-9(2)26-15-11(18)5-10(7-13(15)25-3)6-12-16(23)20(8-14(21)22)17(24)19-12/h5-7,9H,4,8H2,1-3H3,(H,19,24)(H,21,22)/b12-6+/t9-/m1/s1. The van der Waals surface area contributed by atoms with Crippen LogP contribution in [0.1, 0.15) is 25.8 Å². The Balaban J connectivity index is 2.33. The first-order chi connectivity index (χ1) is 12.3. The van der Waals surface area contributed by atoms with Gasteiger partial charge in [-0.15, -0.1) is 0 Å². The van der Waals surface area contributed by atoms with Crippen LogP contribution in [0.2, 0.25) is 5.02 Å². The van der Waals surface area contributed by atoms with Crippen molar-refractivity contribution in [2.75, 3.05) is 13.7 Å². The van der Waals surface area contributed by atoms with Crippen molar-refractivity contribution in [2.45, 2.75) is 26.4 Å². The maximum absolute atomic E-state index is 12.2. The van der Waals surface area contributed by atoms with Crippen LogP contribution in [0.4, 0.5) is 4.79 Å². The smallest absolute Gasteiger partial charge is 0.329 e. The van der Waals surface area contributed by atoms with Gasteiger partial charge in [-0.1, -0.05) is 18.5 Å². The zero-order chi connectivity index (χ0) is 19.4. The molecule has 1 atom stereocenters. The number of hydrogen-bond donors (Lipinski definition) is 2. The number of urea groups is 1. The SMILES string of the molecule is CC[C@@H](C)Oc1c(Cl)cc(/C=C2/NC(=O)N(CC(=O)O)C2=O)cc1OC. The quantitative estimate of drug-likeness (QED) is 0.554. The number of aliphatic carboxylic acids is 1. The largest absolute Gasteiger partial charge is 0.493 e. The summed E-state index contributed by atoms with van der Waals surface area (Å²) < 4.78 is 11.1. The first-order valence-electron chi connectivity index (χ1n) is 7.87. The van der Waals surface area contributed by atoms with E-state index in [1.54, 1.807) is 12.1 Å². The van der Waals surface area contributed by atoms with E-state index in [1.807, 2.05) is 13.8 Å². The average molecular weight is 383 g/mol. The van der Waals surface area contributed by atoms with Gasteiger partial charge < -0.3 is 19.9 Å². The molecular formula is C17H19ClN2O6. The Morgan fingerprint density at radius 2 is 2.12 bits per heavy atom. The number of ether oxygens (including phenoxy) is 2. The Labute approximate surface area is 155 Å². The number of hydrogen-bond acceptors (Lipinski definition) is 5. The number of benzene rings is 1. The predicted octanol–water partition coefficient (Wildman–Crippen LogP) is 2.50. The van der Waals surface area contributed by atoms with Crippen molar-refractivity contribution < 1.29 is 29.0 Å². The summed E-state index contributed by atoms with van der Waals surface area (Å²) in [5, 5.41) is 11.4. The number of rotatable bonds is 7. The molecule has 1 aliphatic heterocycles. The third-order valence-corrected chi connectivity index (χ3v) is 3.99. The Kier molecular flexibility index (Phi) is 6.10. The first kappa shape index (κ1) is 19.6. The van der Waals surface area contributed by atoms with Crippen molar-refractivity contribution in [1.29, 1.82) is 0 Å². The molecule has 3 amide bonds. The summed E-state index contributed by atoms with van der Waals surface area (Å²) >= 11 is 6.27. The molecule has 0 spiro atoms. The molecule has 0 bridgehead atoms. The summed E-state index contributed by atoms with van der Waals surface area (Å²) in [5.74, 6) is -1.25. The highest BCUT2D eigenvalue weighted by molar-refractivity contribution is 6.32. The van der Waals surface area contributed by atoms with Gasteiger partial charge >= 0.3 is 12.0 Å². The van der Waals surface area contributed by atoms with Gasteiger partial charge in [-0.3, -0.25) is 9.59 Å². The Morgan fingerprint density at radius 3 is 2.69 bits per heavy atom. The molecule has 0 saturated carbocycles. The lowest BCUT2D eigenvalue weighted by molar-refractivity contribution is -0.140. The fraction of sp³-hybridized carbons (Fsp3) is 0.353. The Bertz CT molecular complexity index is 777. The van der Waals surface area contributed by atoms with Crippen LogP contribution in [0.15, 0.2) is 17.8 Å². The number of carboxylic acids is 1. The topological polar surface area (TPSA) is 105 Å². The molecule has 0 aliphatic carbocycles. The van der Waals surface area contributed by atoms with Crippen LogP contribution in [0.25, 0.3) is 6.08 Å². The van der Waals surface area contributed by atoms with Crippen LogP contribution in [-0.4, -0.2) is 47.7 Å². The number of nitrogens with one attached hydrogen (secondary N) is 1. The monoisotopic (exact) mass is 382 g/mol.